The maximum Gasteiger partial charge on any atom is 0.223 e. The molecule has 0 bridgehead atoms. The third kappa shape index (κ3) is 5.59. The van der Waals surface area contributed by atoms with E-state index in [1.54, 1.807) is 36.3 Å². The molecule has 0 fully saturated rings. The van der Waals surface area contributed by atoms with Crippen molar-refractivity contribution >= 4 is 29.1 Å². The molecule has 1 rings (SSSR count). The van der Waals surface area contributed by atoms with Crippen LogP contribution in [0.2, 0.25) is 5.02 Å². The van der Waals surface area contributed by atoms with Crippen LogP contribution in [0.1, 0.15) is 13.3 Å². The number of halogens is 1. The van der Waals surface area contributed by atoms with Gasteiger partial charge in [0.05, 0.1) is 6.61 Å². The maximum atomic E-state index is 11.6. The predicted molar refractivity (Wildman–Crippen MR) is 79.0 cm³/mol. The molecular formula is C14H19ClN2O3. The number of carbonyl (C=O) groups is 2. The molecule has 0 aliphatic heterocycles. The zero-order valence-corrected chi connectivity index (χ0v) is 12.4. The van der Waals surface area contributed by atoms with Gasteiger partial charge >= 0.3 is 0 Å². The van der Waals surface area contributed by atoms with E-state index in [0.29, 0.717) is 24.7 Å². The molecule has 1 aromatic carbocycles. The fourth-order valence-corrected chi connectivity index (χ4v) is 1.81. The first kappa shape index (κ1) is 16.5. The summed E-state index contributed by atoms with van der Waals surface area (Å²) in [4.78, 5) is 24.8. The Bertz CT molecular complexity index is 448. The molecule has 0 aliphatic rings. The van der Waals surface area contributed by atoms with Gasteiger partial charge < -0.3 is 15.0 Å². The minimum absolute atomic E-state index is 0.109. The topological polar surface area (TPSA) is 58.6 Å². The minimum Gasteiger partial charge on any atom is -0.383 e. The molecule has 5 nitrogen and oxygen atoms in total. The van der Waals surface area contributed by atoms with Crippen LogP contribution >= 0.6 is 11.6 Å². The van der Waals surface area contributed by atoms with Crippen LogP contribution in [0.25, 0.3) is 0 Å². The number of rotatable bonds is 7. The average Bonchev–Trinajstić information content (AvgIpc) is 2.41. The first-order valence-electron chi connectivity index (χ1n) is 6.34. The van der Waals surface area contributed by atoms with Gasteiger partial charge in [-0.2, -0.15) is 0 Å². The second kappa shape index (κ2) is 8.55. The van der Waals surface area contributed by atoms with Crippen LogP contribution in [0.5, 0.6) is 0 Å². The zero-order valence-electron chi connectivity index (χ0n) is 11.7. The summed E-state index contributed by atoms with van der Waals surface area (Å²) in [7, 11) is 1.57. The highest BCUT2D eigenvalue weighted by molar-refractivity contribution is 6.30. The van der Waals surface area contributed by atoms with Gasteiger partial charge in [-0.05, 0) is 24.3 Å². The summed E-state index contributed by atoms with van der Waals surface area (Å²) in [6.45, 7) is 2.74. The van der Waals surface area contributed by atoms with Gasteiger partial charge in [0.25, 0.3) is 0 Å². The van der Waals surface area contributed by atoms with Crippen LogP contribution in [-0.2, 0) is 14.3 Å². The number of benzene rings is 1. The largest absolute Gasteiger partial charge is 0.383 e. The number of methoxy groups -OCH3 is 1. The van der Waals surface area contributed by atoms with Gasteiger partial charge in [0.15, 0.2) is 0 Å². The molecule has 0 aliphatic carbocycles. The molecule has 0 saturated heterocycles. The average molecular weight is 299 g/mol. The second-order valence-corrected chi connectivity index (χ2v) is 4.68. The van der Waals surface area contributed by atoms with Crippen LogP contribution < -0.4 is 10.2 Å². The summed E-state index contributed by atoms with van der Waals surface area (Å²) in [5.41, 5.74) is 0.728. The summed E-state index contributed by atoms with van der Waals surface area (Å²) in [6, 6.07) is 6.94. The Hall–Kier alpha value is -1.59. The molecule has 0 saturated carbocycles. The van der Waals surface area contributed by atoms with Crippen molar-refractivity contribution in [1.29, 1.82) is 0 Å². The normalized spacial score (nSPS) is 10.2. The Morgan fingerprint density at radius 1 is 1.30 bits per heavy atom. The molecule has 110 valence electrons. The molecule has 0 unspecified atom stereocenters. The number of amides is 2. The van der Waals surface area contributed by atoms with E-state index >= 15 is 0 Å². The van der Waals surface area contributed by atoms with E-state index in [-0.39, 0.29) is 18.2 Å². The molecule has 1 aromatic rings. The van der Waals surface area contributed by atoms with Gasteiger partial charge in [-0.25, -0.2) is 0 Å². The Labute approximate surface area is 123 Å². The van der Waals surface area contributed by atoms with E-state index in [1.807, 2.05) is 0 Å². The molecule has 6 heteroatoms. The van der Waals surface area contributed by atoms with Gasteiger partial charge in [-0.15, -0.1) is 0 Å². The van der Waals surface area contributed by atoms with E-state index in [0.717, 1.165) is 5.69 Å². The van der Waals surface area contributed by atoms with Crippen molar-refractivity contribution in [3.8, 4) is 0 Å². The number of hydrogen-bond donors (Lipinski definition) is 1. The molecule has 0 radical (unpaired) electrons. The van der Waals surface area contributed by atoms with Gasteiger partial charge in [0.2, 0.25) is 11.8 Å². The van der Waals surface area contributed by atoms with Crippen LogP contribution in [0.15, 0.2) is 24.3 Å². The van der Waals surface area contributed by atoms with Crippen molar-refractivity contribution in [2.45, 2.75) is 13.3 Å². The van der Waals surface area contributed by atoms with Gasteiger partial charge in [-0.1, -0.05) is 11.6 Å². The lowest BCUT2D eigenvalue weighted by atomic mass is 10.2. The number of ether oxygens (including phenoxy) is 1. The Balaban J connectivity index is 2.54. The highest BCUT2D eigenvalue weighted by Crippen LogP contribution is 2.18. The summed E-state index contributed by atoms with van der Waals surface area (Å²) in [5.74, 6) is -0.223. The lowest BCUT2D eigenvalue weighted by Crippen LogP contribution is -2.34. The molecule has 0 aromatic heterocycles. The quantitative estimate of drug-likeness (QED) is 0.782. The Morgan fingerprint density at radius 3 is 2.50 bits per heavy atom. The van der Waals surface area contributed by atoms with Crippen molar-refractivity contribution in [3.05, 3.63) is 29.3 Å². The first-order valence-corrected chi connectivity index (χ1v) is 6.71. The summed E-state index contributed by atoms with van der Waals surface area (Å²) in [6.07, 6.45) is 0.242. The Morgan fingerprint density at radius 2 is 1.95 bits per heavy atom. The highest BCUT2D eigenvalue weighted by atomic mass is 35.5. The molecule has 1 N–H and O–H groups in total. The highest BCUT2D eigenvalue weighted by Gasteiger charge is 2.13. The van der Waals surface area contributed by atoms with Gasteiger partial charge in [0.1, 0.15) is 0 Å². The zero-order chi connectivity index (χ0) is 15.0. The van der Waals surface area contributed by atoms with E-state index in [1.165, 1.54) is 6.92 Å². The predicted octanol–water partition coefficient (Wildman–Crippen LogP) is 1.85. The minimum atomic E-state index is -0.114. The second-order valence-electron chi connectivity index (χ2n) is 4.24. The van der Waals surface area contributed by atoms with Crippen molar-refractivity contribution < 1.29 is 14.3 Å². The van der Waals surface area contributed by atoms with E-state index in [9.17, 15) is 9.59 Å². The first-order chi connectivity index (χ1) is 9.54. The monoisotopic (exact) mass is 298 g/mol. The van der Waals surface area contributed by atoms with Crippen LogP contribution in [-0.4, -0.2) is 38.6 Å². The Kier molecular flexibility index (Phi) is 7.04. The van der Waals surface area contributed by atoms with E-state index < -0.39 is 0 Å². The summed E-state index contributed by atoms with van der Waals surface area (Å²) >= 11 is 5.81. The molecule has 0 spiro atoms. The number of anilines is 1. The fourth-order valence-electron chi connectivity index (χ4n) is 1.68. The standard InChI is InChI=1S/C14H19ClN2O3/c1-11(18)17(13-5-3-12(15)4-6-13)9-7-14(19)16-8-10-20-2/h3-6H,7-10H2,1-2H3,(H,16,19). The van der Waals surface area contributed by atoms with Crippen LogP contribution in [0.3, 0.4) is 0 Å². The van der Waals surface area contributed by atoms with E-state index in [4.69, 9.17) is 16.3 Å². The van der Waals surface area contributed by atoms with Crippen molar-refractivity contribution in [1.82, 2.24) is 5.32 Å². The number of nitrogens with zero attached hydrogens (tertiary/aromatic N) is 1. The van der Waals surface area contributed by atoms with Crippen LogP contribution in [0.4, 0.5) is 5.69 Å². The molecule has 20 heavy (non-hydrogen) atoms. The van der Waals surface area contributed by atoms with E-state index in [2.05, 4.69) is 5.32 Å². The third-order valence-electron chi connectivity index (χ3n) is 2.71. The maximum absolute atomic E-state index is 11.6. The third-order valence-corrected chi connectivity index (χ3v) is 2.96. The summed E-state index contributed by atoms with van der Waals surface area (Å²) < 4.78 is 4.84. The SMILES string of the molecule is COCCNC(=O)CCN(C(C)=O)c1ccc(Cl)cc1. The molecule has 2 amide bonds. The van der Waals surface area contributed by atoms with Crippen molar-refractivity contribution in [2.75, 3.05) is 31.7 Å². The lowest BCUT2D eigenvalue weighted by molar-refractivity contribution is -0.121. The smallest absolute Gasteiger partial charge is 0.223 e. The molecule has 0 heterocycles. The van der Waals surface area contributed by atoms with Gasteiger partial charge in [-0.3, -0.25) is 9.59 Å². The van der Waals surface area contributed by atoms with Crippen LogP contribution in [0, 0.1) is 0 Å². The van der Waals surface area contributed by atoms with Gasteiger partial charge in [0, 0.05) is 44.3 Å². The van der Waals surface area contributed by atoms with Crippen molar-refractivity contribution in [2.24, 2.45) is 0 Å². The number of nitrogens with one attached hydrogen (secondary N) is 1. The fraction of sp³-hybridized carbons (Fsp3) is 0.429. The summed E-state index contributed by atoms with van der Waals surface area (Å²) in [5, 5.41) is 3.32. The molecule has 0 atom stereocenters. The van der Waals surface area contributed by atoms with Crippen molar-refractivity contribution in [3.63, 3.8) is 0 Å². The molecular weight excluding hydrogens is 280 g/mol. The lowest BCUT2D eigenvalue weighted by Gasteiger charge is -2.21. The number of hydrogen-bond acceptors (Lipinski definition) is 3. The number of carbonyl (C=O) groups excluding carboxylic acids is 2.